The van der Waals surface area contributed by atoms with Crippen LogP contribution in [-0.2, 0) is 19.0 Å². The van der Waals surface area contributed by atoms with Gasteiger partial charge in [0.05, 0.1) is 24.7 Å². The molecule has 6 nitrogen and oxygen atoms in total. The average molecular weight is 292 g/mol. The van der Waals surface area contributed by atoms with Gasteiger partial charge in [0.2, 0.25) is 0 Å². The Hall–Kier alpha value is -1.47. The number of carboxylic acid groups (broad SMARTS) is 1. The molecule has 0 radical (unpaired) electrons. The van der Waals surface area contributed by atoms with Crippen LogP contribution in [0.2, 0.25) is 0 Å². The van der Waals surface area contributed by atoms with E-state index in [9.17, 15) is 9.90 Å². The van der Waals surface area contributed by atoms with Crippen LogP contribution in [0.25, 0.3) is 0 Å². The third-order valence-corrected chi connectivity index (χ3v) is 4.49. The molecule has 1 aliphatic carbocycles. The summed E-state index contributed by atoms with van der Waals surface area (Å²) in [5.41, 5.74) is 0.871. The lowest BCUT2D eigenvalue weighted by molar-refractivity contribution is -0.300. The highest BCUT2D eigenvalue weighted by molar-refractivity contribution is 5.75. The van der Waals surface area contributed by atoms with Crippen LogP contribution in [0.1, 0.15) is 11.9 Å². The predicted octanol–water partition coefficient (Wildman–Crippen LogP) is 0.559. The maximum Gasteiger partial charge on any atom is 0.309 e. The lowest BCUT2D eigenvalue weighted by Crippen LogP contribution is -2.53. The number of hydrogen-bond acceptors (Lipinski definition) is 5. The molecule has 2 saturated heterocycles. The van der Waals surface area contributed by atoms with Crippen LogP contribution < -0.4 is 0 Å². The number of ether oxygens (including phenoxy) is 3. The van der Waals surface area contributed by atoms with E-state index in [4.69, 9.17) is 19.3 Å². The lowest BCUT2D eigenvalue weighted by Gasteiger charge is -2.41. The van der Waals surface area contributed by atoms with E-state index in [1.54, 1.807) is 0 Å². The largest absolute Gasteiger partial charge is 0.481 e. The zero-order valence-corrected chi connectivity index (χ0v) is 11.2. The number of aliphatic carboxylic acids is 1. The van der Waals surface area contributed by atoms with Gasteiger partial charge >= 0.3 is 5.97 Å². The van der Waals surface area contributed by atoms with Crippen molar-refractivity contribution in [3.05, 3.63) is 35.9 Å². The number of carboxylic acids is 1. The first kappa shape index (κ1) is 13.2. The first-order valence-corrected chi connectivity index (χ1v) is 7.05. The monoisotopic (exact) mass is 292 g/mol. The Balaban J connectivity index is 1.52. The second kappa shape index (κ2) is 4.78. The van der Waals surface area contributed by atoms with Gasteiger partial charge in [-0.15, -0.1) is 0 Å². The van der Waals surface area contributed by atoms with Crippen molar-refractivity contribution < 1.29 is 29.2 Å². The molecule has 0 amide bonds. The number of aliphatic hydroxyl groups is 1. The van der Waals surface area contributed by atoms with Gasteiger partial charge in [0.25, 0.3) is 0 Å². The first-order valence-electron chi connectivity index (χ1n) is 7.05. The molecule has 3 aliphatic rings. The first-order chi connectivity index (χ1) is 10.2. The highest BCUT2D eigenvalue weighted by atomic mass is 16.7. The molecule has 3 fully saturated rings. The topological polar surface area (TPSA) is 85.2 Å². The Bertz CT molecular complexity index is 546. The fourth-order valence-electron chi connectivity index (χ4n) is 3.36. The SMILES string of the molecule is O=C(O)C1[C@@H]2[C@@H](O)[C@@H]3O[C@H](c4ccccc4)OC[C@H]3O[C@H]12. The molecule has 6 heteroatoms. The highest BCUT2D eigenvalue weighted by Gasteiger charge is 2.67. The van der Waals surface area contributed by atoms with Gasteiger partial charge in [0.1, 0.15) is 12.2 Å². The number of hydrogen-bond donors (Lipinski definition) is 2. The van der Waals surface area contributed by atoms with Crippen molar-refractivity contribution in [2.75, 3.05) is 6.61 Å². The van der Waals surface area contributed by atoms with Crippen LogP contribution in [0.4, 0.5) is 0 Å². The van der Waals surface area contributed by atoms with Crippen LogP contribution in [0.5, 0.6) is 0 Å². The van der Waals surface area contributed by atoms with Gasteiger partial charge in [-0.2, -0.15) is 0 Å². The smallest absolute Gasteiger partial charge is 0.309 e. The zero-order chi connectivity index (χ0) is 14.6. The molecule has 1 aromatic rings. The van der Waals surface area contributed by atoms with Crippen molar-refractivity contribution in [1.29, 1.82) is 0 Å². The minimum Gasteiger partial charge on any atom is -0.481 e. The van der Waals surface area contributed by atoms with Crippen molar-refractivity contribution in [2.24, 2.45) is 11.8 Å². The number of benzene rings is 1. The van der Waals surface area contributed by atoms with E-state index in [0.29, 0.717) is 0 Å². The number of fused-ring (bicyclic) bond motifs is 2. The minimum atomic E-state index is -0.928. The van der Waals surface area contributed by atoms with Crippen LogP contribution in [-0.4, -0.2) is 47.2 Å². The molecule has 112 valence electrons. The Labute approximate surface area is 121 Å². The standard InChI is InChI=1S/C15H16O6/c16-11-9-10(14(17)18)13(9)20-8-6-19-15(21-12(8)11)7-4-2-1-3-5-7/h1-5,8-13,15-16H,6H2,(H,17,18)/t8-,9-,10?,11-,12-,13+,15-/m1/s1. The molecular weight excluding hydrogens is 276 g/mol. The minimum absolute atomic E-state index is 0.289. The fraction of sp³-hybridized carbons (Fsp3) is 0.533. The lowest BCUT2D eigenvalue weighted by atomic mass is 9.99. The van der Waals surface area contributed by atoms with Crippen LogP contribution in [0.15, 0.2) is 30.3 Å². The van der Waals surface area contributed by atoms with Crippen molar-refractivity contribution in [1.82, 2.24) is 0 Å². The van der Waals surface area contributed by atoms with E-state index in [1.165, 1.54) is 0 Å². The van der Waals surface area contributed by atoms with Gasteiger partial charge < -0.3 is 24.4 Å². The number of carbonyl (C=O) groups is 1. The maximum atomic E-state index is 11.1. The van der Waals surface area contributed by atoms with Gasteiger partial charge in [-0.05, 0) is 0 Å². The van der Waals surface area contributed by atoms with Gasteiger partial charge in [-0.1, -0.05) is 30.3 Å². The number of rotatable bonds is 2. The average Bonchev–Trinajstić information content (AvgIpc) is 3.23. The molecule has 1 unspecified atom stereocenters. The van der Waals surface area contributed by atoms with Gasteiger partial charge in [-0.3, -0.25) is 4.79 Å². The van der Waals surface area contributed by atoms with Crippen molar-refractivity contribution >= 4 is 5.97 Å². The summed E-state index contributed by atoms with van der Waals surface area (Å²) in [6.07, 6.45) is -2.76. The second-order valence-electron chi connectivity index (χ2n) is 5.75. The molecule has 0 spiro atoms. The third-order valence-electron chi connectivity index (χ3n) is 4.49. The Morgan fingerprint density at radius 3 is 2.62 bits per heavy atom. The van der Waals surface area contributed by atoms with E-state index in [0.717, 1.165) is 5.56 Å². The van der Waals surface area contributed by atoms with Crippen LogP contribution >= 0.6 is 0 Å². The summed E-state index contributed by atoms with van der Waals surface area (Å²) in [6, 6.07) is 9.46. The quantitative estimate of drug-likeness (QED) is 0.828. The van der Waals surface area contributed by atoms with Gasteiger partial charge in [-0.25, -0.2) is 0 Å². The van der Waals surface area contributed by atoms with Gasteiger partial charge in [0, 0.05) is 11.5 Å². The summed E-state index contributed by atoms with van der Waals surface area (Å²) in [5.74, 6) is -1.94. The van der Waals surface area contributed by atoms with Crippen LogP contribution in [0, 0.1) is 11.8 Å². The Morgan fingerprint density at radius 1 is 1.14 bits per heavy atom. The molecule has 7 atom stereocenters. The van der Waals surface area contributed by atoms with E-state index in [-0.39, 0.29) is 12.5 Å². The summed E-state index contributed by atoms with van der Waals surface area (Å²) >= 11 is 0. The van der Waals surface area contributed by atoms with E-state index < -0.39 is 42.6 Å². The van der Waals surface area contributed by atoms with Crippen LogP contribution in [0.3, 0.4) is 0 Å². The molecule has 1 aromatic carbocycles. The molecular formula is C15H16O6. The van der Waals surface area contributed by atoms with E-state index in [1.807, 2.05) is 30.3 Å². The number of aliphatic hydroxyl groups excluding tert-OH is 1. The zero-order valence-electron chi connectivity index (χ0n) is 11.2. The van der Waals surface area contributed by atoms with E-state index >= 15 is 0 Å². The normalized spacial score (nSPS) is 44.5. The summed E-state index contributed by atoms with van der Waals surface area (Å²) in [5, 5.41) is 19.5. The van der Waals surface area contributed by atoms with E-state index in [2.05, 4.69) is 0 Å². The summed E-state index contributed by atoms with van der Waals surface area (Å²) < 4.78 is 17.2. The Kier molecular flexibility index (Phi) is 3.00. The van der Waals surface area contributed by atoms with Crippen molar-refractivity contribution in [3.63, 3.8) is 0 Å². The molecule has 2 heterocycles. The summed E-state index contributed by atoms with van der Waals surface area (Å²) in [7, 11) is 0. The van der Waals surface area contributed by atoms with Crippen molar-refractivity contribution in [2.45, 2.75) is 30.7 Å². The summed E-state index contributed by atoms with van der Waals surface area (Å²) in [4.78, 5) is 11.1. The molecule has 21 heavy (non-hydrogen) atoms. The molecule has 0 aromatic heterocycles. The maximum absolute atomic E-state index is 11.1. The van der Waals surface area contributed by atoms with Crippen molar-refractivity contribution in [3.8, 4) is 0 Å². The highest BCUT2D eigenvalue weighted by Crippen LogP contribution is 2.52. The molecule has 4 rings (SSSR count). The van der Waals surface area contributed by atoms with Gasteiger partial charge in [0.15, 0.2) is 6.29 Å². The molecule has 2 N–H and O–H groups in total. The molecule has 1 saturated carbocycles. The Morgan fingerprint density at radius 2 is 1.90 bits per heavy atom. The molecule has 0 bridgehead atoms. The summed E-state index contributed by atoms with van der Waals surface area (Å²) in [6.45, 7) is 0.289. The second-order valence-corrected chi connectivity index (χ2v) is 5.75. The predicted molar refractivity (Wildman–Crippen MR) is 69.3 cm³/mol. The molecule has 2 aliphatic heterocycles. The fourth-order valence-corrected chi connectivity index (χ4v) is 3.36. The third kappa shape index (κ3) is 2.06.